The van der Waals surface area contributed by atoms with Crippen LogP contribution in [0, 0.1) is 11.6 Å². The van der Waals surface area contributed by atoms with E-state index in [1.807, 2.05) is 6.92 Å². The monoisotopic (exact) mass is 215 g/mol. The number of thioether (sulfide) groups is 1. The average molecular weight is 215 g/mol. The van der Waals surface area contributed by atoms with Crippen LogP contribution in [0.3, 0.4) is 0 Å². The fraction of sp³-hybridized carbons (Fsp3) is 0.400. The van der Waals surface area contributed by atoms with Gasteiger partial charge in [-0.2, -0.15) is 0 Å². The third-order valence-corrected chi connectivity index (χ3v) is 3.61. The van der Waals surface area contributed by atoms with Crippen molar-refractivity contribution in [1.82, 2.24) is 5.32 Å². The van der Waals surface area contributed by atoms with Gasteiger partial charge in [0.05, 0.1) is 5.37 Å². The lowest BCUT2D eigenvalue weighted by Gasteiger charge is -2.11. The van der Waals surface area contributed by atoms with Crippen LogP contribution in [0.2, 0.25) is 0 Å². The van der Waals surface area contributed by atoms with Crippen molar-refractivity contribution < 1.29 is 8.78 Å². The highest BCUT2D eigenvalue weighted by atomic mass is 32.2. The number of rotatable bonds is 1. The summed E-state index contributed by atoms with van der Waals surface area (Å²) in [4.78, 5) is 0. The predicted octanol–water partition coefficient (Wildman–Crippen LogP) is 2.69. The van der Waals surface area contributed by atoms with E-state index in [0.29, 0.717) is 11.6 Å². The molecular weight excluding hydrogens is 204 g/mol. The normalized spacial score (nSPS) is 26.8. The van der Waals surface area contributed by atoms with Gasteiger partial charge < -0.3 is 0 Å². The molecule has 1 N–H and O–H groups in total. The molecule has 14 heavy (non-hydrogen) atoms. The molecule has 2 unspecified atom stereocenters. The molecule has 0 bridgehead atoms. The van der Waals surface area contributed by atoms with Crippen LogP contribution >= 0.6 is 11.8 Å². The highest BCUT2D eigenvalue weighted by Crippen LogP contribution is 2.34. The van der Waals surface area contributed by atoms with Crippen LogP contribution < -0.4 is 5.32 Å². The number of halogens is 2. The molecule has 1 aliphatic heterocycles. The fourth-order valence-electron chi connectivity index (χ4n) is 1.49. The van der Waals surface area contributed by atoms with Crippen LogP contribution in [0.1, 0.15) is 17.9 Å². The van der Waals surface area contributed by atoms with Crippen molar-refractivity contribution >= 4 is 11.8 Å². The van der Waals surface area contributed by atoms with Crippen LogP contribution in [0.4, 0.5) is 8.78 Å². The van der Waals surface area contributed by atoms with Crippen molar-refractivity contribution in [2.45, 2.75) is 18.3 Å². The third kappa shape index (κ3) is 1.91. The van der Waals surface area contributed by atoms with Crippen LogP contribution in [0.25, 0.3) is 0 Å². The number of nitrogens with one attached hydrogen (secondary N) is 1. The molecule has 1 aromatic carbocycles. The van der Waals surface area contributed by atoms with Crippen molar-refractivity contribution in [1.29, 1.82) is 0 Å². The molecule has 1 heterocycles. The first-order valence-electron chi connectivity index (χ1n) is 4.49. The molecule has 0 amide bonds. The fourth-order valence-corrected chi connectivity index (χ4v) is 2.76. The van der Waals surface area contributed by atoms with Gasteiger partial charge in [0.25, 0.3) is 0 Å². The maximum Gasteiger partial charge on any atom is 0.129 e. The van der Waals surface area contributed by atoms with E-state index in [2.05, 4.69) is 5.32 Å². The second-order valence-corrected chi connectivity index (χ2v) is 4.58. The lowest BCUT2D eigenvalue weighted by molar-refractivity contribution is 0.554. The van der Waals surface area contributed by atoms with Gasteiger partial charge in [-0.3, -0.25) is 5.32 Å². The van der Waals surface area contributed by atoms with E-state index in [1.165, 1.54) is 12.1 Å². The van der Waals surface area contributed by atoms with E-state index < -0.39 is 0 Å². The molecule has 0 aromatic heterocycles. The lowest BCUT2D eigenvalue weighted by atomic mass is 10.2. The van der Waals surface area contributed by atoms with Crippen molar-refractivity contribution in [2.24, 2.45) is 0 Å². The minimum atomic E-state index is -0.386. The maximum absolute atomic E-state index is 13.3. The van der Waals surface area contributed by atoms with Gasteiger partial charge in [-0.05, 0) is 25.1 Å². The van der Waals surface area contributed by atoms with Crippen LogP contribution in [-0.4, -0.2) is 11.8 Å². The smallest absolute Gasteiger partial charge is 0.129 e. The van der Waals surface area contributed by atoms with Crippen molar-refractivity contribution in [3.05, 3.63) is 35.4 Å². The minimum absolute atomic E-state index is 0.110. The SMILES string of the molecule is CC1CSC(c2cc(F)ccc2F)N1. The third-order valence-electron chi connectivity index (χ3n) is 2.19. The molecule has 4 heteroatoms. The van der Waals surface area contributed by atoms with Crippen LogP contribution in [0.15, 0.2) is 18.2 Å². The van der Waals surface area contributed by atoms with E-state index >= 15 is 0 Å². The van der Waals surface area contributed by atoms with Crippen molar-refractivity contribution in [2.75, 3.05) is 5.75 Å². The Labute approximate surface area is 85.9 Å². The molecule has 76 valence electrons. The largest absolute Gasteiger partial charge is 0.298 e. The molecule has 1 nitrogen and oxygen atoms in total. The Bertz CT molecular complexity index is 343. The second kappa shape index (κ2) is 3.87. The van der Waals surface area contributed by atoms with Gasteiger partial charge in [0, 0.05) is 17.4 Å². The van der Waals surface area contributed by atoms with Crippen molar-refractivity contribution in [3.63, 3.8) is 0 Å². The molecular formula is C10H11F2NS. The summed E-state index contributed by atoms with van der Waals surface area (Å²) >= 11 is 1.61. The first-order valence-corrected chi connectivity index (χ1v) is 5.54. The van der Waals surface area contributed by atoms with E-state index in [0.717, 1.165) is 11.8 Å². The summed E-state index contributed by atoms with van der Waals surface area (Å²) in [6.07, 6.45) is 0. The molecule has 0 spiro atoms. The first-order chi connectivity index (χ1) is 6.66. The zero-order chi connectivity index (χ0) is 10.1. The highest BCUT2D eigenvalue weighted by Gasteiger charge is 2.24. The maximum atomic E-state index is 13.3. The van der Waals surface area contributed by atoms with E-state index in [-0.39, 0.29) is 17.0 Å². The van der Waals surface area contributed by atoms with Crippen molar-refractivity contribution in [3.8, 4) is 0 Å². The Morgan fingerprint density at radius 2 is 2.21 bits per heavy atom. The summed E-state index contributed by atoms with van der Waals surface area (Å²) in [5.41, 5.74) is 0.416. The Morgan fingerprint density at radius 3 is 2.86 bits per heavy atom. The Hall–Kier alpha value is -0.610. The summed E-state index contributed by atoms with van der Waals surface area (Å²) in [5, 5.41) is 3.08. The van der Waals surface area contributed by atoms with Gasteiger partial charge in [0.1, 0.15) is 11.6 Å². The first kappa shape index (κ1) is 9.93. The number of hydrogen-bond acceptors (Lipinski definition) is 2. The van der Waals surface area contributed by atoms with Crippen LogP contribution in [-0.2, 0) is 0 Å². The van der Waals surface area contributed by atoms with Gasteiger partial charge in [-0.1, -0.05) is 0 Å². The molecule has 2 atom stereocenters. The van der Waals surface area contributed by atoms with Gasteiger partial charge in [-0.15, -0.1) is 11.8 Å². The van der Waals surface area contributed by atoms with E-state index in [4.69, 9.17) is 0 Å². The Kier molecular flexibility index (Phi) is 2.74. The quantitative estimate of drug-likeness (QED) is 0.773. The number of hydrogen-bond donors (Lipinski definition) is 1. The summed E-state index contributed by atoms with van der Waals surface area (Å²) in [6.45, 7) is 2.03. The molecule has 0 aliphatic carbocycles. The standard InChI is InChI=1S/C10H11F2NS/c1-6-5-14-10(13-6)8-4-7(11)2-3-9(8)12/h2-4,6,10,13H,5H2,1H3. The molecule has 0 radical (unpaired) electrons. The molecule has 1 fully saturated rings. The predicted molar refractivity (Wildman–Crippen MR) is 54.2 cm³/mol. The minimum Gasteiger partial charge on any atom is -0.298 e. The molecule has 0 saturated carbocycles. The molecule has 2 rings (SSSR count). The van der Waals surface area contributed by atoms with Gasteiger partial charge in [0.15, 0.2) is 0 Å². The van der Waals surface area contributed by atoms with Gasteiger partial charge in [-0.25, -0.2) is 8.78 Å². The summed E-state index contributed by atoms with van der Waals surface area (Å²) in [7, 11) is 0. The van der Waals surface area contributed by atoms with E-state index in [9.17, 15) is 8.78 Å². The van der Waals surface area contributed by atoms with Crippen LogP contribution in [0.5, 0.6) is 0 Å². The highest BCUT2D eigenvalue weighted by molar-refractivity contribution is 7.99. The van der Waals surface area contributed by atoms with Gasteiger partial charge >= 0.3 is 0 Å². The van der Waals surface area contributed by atoms with E-state index in [1.54, 1.807) is 11.8 Å². The number of benzene rings is 1. The molecule has 1 saturated heterocycles. The summed E-state index contributed by atoms with van der Waals surface area (Å²) in [6, 6.07) is 3.93. The average Bonchev–Trinajstić information content (AvgIpc) is 2.56. The Morgan fingerprint density at radius 1 is 1.43 bits per heavy atom. The second-order valence-electron chi connectivity index (χ2n) is 3.45. The Balaban J connectivity index is 2.27. The lowest BCUT2D eigenvalue weighted by Crippen LogP contribution is -2.22. The molecule has 1 aromatic rings. The van der Waals surface area contributed by atoms with Gasteiger partial charge in [0.2, 0.25) is 0 Å². The zero-order valence-corrected chi connectivity index (χ0v) is 8.57. The summed E-state index contributed by atoms with van der Waals surface area (Å²) in [5.74, 6) is 0.203. The summed E-state index contributed by atoms with van der Waals surface area (Å²) < 4.78 is 26.2. The zero-order valence-electron chi connectivity index (χ0n) is 7.76. The molecule has 1 aliphatic rings. The topological polar surface area (TPSA) is 12.0 Å².